The average molecular weight is 289 g/mol. The van der Waals surface area contributed by atoms with E-state index < -0.39 is 0 Å². The predicted molar refractivity (Wildman–Crippen MR) is 81.6 cm³/mol. The number of carbonyl (C=O) groups is 2. The first-order valence-electron chi connectivity index (χ1n) is 7.53. The Hall–Kier alpha value is -1.88. The molecule has 1 aromatic carbocycles. The zero-order valence-corrected chi connectivity index (χ0v) is 12.5. The largest absolute Gasteiger partial charge is 0.352 e. The first-order chi connectivity index (χ1) is 10.2. The monoisotopic (exact) mass is 289 g/mol. The van der Waals surface area contributed by atoms with Crippen LogP contribution in [-0.2, 0) is 16.1 Å². The summed E-state index contributed by atoms with van der Waals surface area (Å²) in [7, 11) is 0. The van der Waals surface area contributed by atoms with Gasteiger partial charge in [-0.2, -0.15) is 0 Å². The van der Waals surface area contributed by atoms with Crippen LogP contribution in [0.5, 0.6) is 0 Å². The van der Waals surface area contributed by atoms with Gasteiger partial charge in [-0.25, -0.2) is 0 Å². The summed E-state index contributed by atoms with van der Waals surface area (Å²) >= 11 is 0. The molecule has 114 valence electrons. The van der Waals surface area contributed by atoms with Crippen molar-refractivity contribution in [1.29, 1.82) is 0 Å². The number of nitrogens with zero attached hydrogens (tertiary/aromatic N) is 1. The van der Waals surface area contributed by atoms with Crippen LogP contribution in [0.3, 0.4) is 0 Å². The molecule has 0 radical (unpaired) electrons. The van der Waals surface area contributed by atoms with Gasteiger partial charge < -0.3 is 15.5 Å². The Morgan fingerprint density at radius 2 is 2.14 bits per heavy atom. The van der Waals surface area contributed by atoms with Crippen LogP contribution in [0.4, 0.5) is 0 Å². The molecule has 0 aliphatic carbocycles. The molecule has 2 N–H and O–H groups in total. The molecular formula is C16H23N3O2. The molecule has 5 nitrogen and oxygen atoms in total. The lowest BCUT2D eigenvalue weighted by Gasteiger charge is -2.32. The molecule has 0 saturated carbocycles. The SMILES string of the molecule is CCCN1CCNC(CC(=O)NCc2ccccc2)C1=O. The zero-order valence-electron chi connectivity index (χ0n) is 12.5. The third kappa shape index (κ3) is 4.56. The number of hydrogen-bond donors (Lipinski definition) is 2. The average Bonchev–Trinajstić information content (AvgIpc) is 2.50. The summed E-state index contributed by atoms with van der Waals surface area (Å²) in [5.41, 5.74) is 1.06. The van der Waals surface area contributed by atoms with Gasteiger partial charge in [-0.1, -0.05) is 37.3 Å². The van der Waals surface area contributed by atoms with Crippen molar-refractivity contribution in [3.63, 3.8) is 0 Å². The maximum Gasteiger partial charge on any atom is 0.240 e. The number of piperazine rings is 1. The van der Waals surface area contributed by atoms with Gasteiger partial charge in [-0.3, -0.25) is 9.59 Å². The van der Waals surface area contributed by atoms with Gasteiger partial charge in [-0.05, 0) is 12.0 Å². The number of nitrogens with one attached hydrogen (secondary N) is 2. The van der Waals surface area contributed by atoms with Crippen LogP contribution in [-0.4, -0.2) is 42.4 Å². The highest BCUT2D eigenvalue weighted by atomic mass is 16.2. The lowest BCUT2D eigenvalue weighted by atomic mass is 10.1. The zero-order chi connectivity index (χ0) is 15.1. The molecule has 0 spiro atoms. The Labute approximate surface area is 125 Å². The summed E-state index contributed by atoms with van der Waals surface area (Å²) in [4.78, 5) is 26.0. The summed E-state index contributed by atoms with van der Waals surface area (Å²) in [6.07, 6.45) is 1.14. The Balaban J connectivity index is 1.80. The van der Waals surface area contributed by atoms with E-state index in [1.165, 1.54) is 0 Å². The van der Waals surface area contributed by atoms with E-state index in [4.69, 9.17) is 0 Å². The maximum atomic E-state index is 12.2. The van der Waals surface area contributed by atoms with Crippen LogP contribution >= 0.6 is 0 Å². The minimum atomic E-state index is -0.388. The van der Waals surface area contributed by atoms with Gasteiger partial charge in [0.1, 0.15) is 0 Å². The molecule has 21 heavy (non-hydrogen) atoms. The van der Waals surface area contributed by atoms with Gasteiger partial charge >= 0.3 is 0 Å². The molecule has 2 amide bonds. The molecule has 1 aliphatic rings. The fraction of sp³-hybridized carbons (Fsp3) is 0.500. The molecule has 0 aromatic heterocycles. The number of carbonyl (C=O) groups excluding carboxylic acids is 2. The first kappa shape index (κ1) is 15.5. The number of rotatable bonds is 6. The minimum Gasteiger partial charge on any atom is -0.352 e. The van der Waals surface area contributed by atoms with Gasteiger partial charge in [0.15, 0.2) is 0 Å². The van der Waals surface area contributed by atoms with Crippen LogP contribution in [0.2, 0.25) is 0 Å². The molecule has 1 fully saturated rings. The highest BCUT2D eigenvalue weighted by Crippen LogP contribution is 2.06. The van der Waals surface area contributed by atoms with Crippen molar-refractivity contribution in [2.24, 2.45) is 0 Å². The normalized spacial score (nSPS) is 18.6. The molecule has 5 heteroatoms. The van der Waals surface area contributed by atoms with Crippen molar-refractivity contribution in [3.8, 4) is 0 Å². The molecule has 1 unspecified atom stereocenters. The Bertz CT molecular complexity index is 474. The summed E-state index contributed by atoms with van der Waals surface area (Å²) in [6, 6.07) is 9.37. The van der Waals surface area contributed by atoms with E-state index in [-0.39, 0.29) is 24.3 Å². The quantitative estimate of drug-likeness (QED) is 0.818. The molecule has 1 atom stereocenters. The van der Waals surface area contributed by atoms with Gasteiger partial charge in [0.05, 0.1) is 12.5 Å². The second-order valence-corrected chi connectivity index (χ2v) is 5.30. The summed E-state index contributed by atoms with van der Waals surface area (Å²) < 4.78 is 0. The van der Waals surface area contributed by atoms with Crippen LogP contribution in [0, 0.1) is 0 Å². The van der Waals surface area contributed by atoms with Crippen LogP contribution in [0.1, 0.15) is 25.3 Å². The third-order valence-electron chi connectivity index (χ3n) is 3.60. The van der Waals surface area contributed by atoms with Gasteiger partial charge in [0.25, 0.3) is 0 Å². The molecule has 1 aliphatic heterocycles. The van der Waals surface area contributed by atoms with E-state index in [1.807, 2.05) is 35.2 Å². The van der Waals surface area contributed by atoms with E-state index in [2.05, 4.69) is 17.6 Å². The first-order valence-corrected chi connectivity index (χ1v) is 7.53. The Morgan fingerprint density at radius 3 is 2.86 bits per heavy atom. The molecule has 1 aromatic rings. The van der Waals surface area contributed by atoms with Crippen molar-refractivity contribution in [2.75, 3.05) is 19.6 Å². The van der Waals surface area contributed by atoms with E-state index >= 15 is 0 Å². The van der Waals surface area contributed by atoms with Crippen LogP contribution in [0.25, 0.3) is 0 Å². The topological polar surface area (TPSA) is 61.4 Å². The molecule has 0 bridgehead atoms. The van der Waals surface area contributed by atoms with E-state index in [0.717, 1.165) is 31.6 Å². The third-order valence-corrected chi connectivity index (χ3v) is 3.60. The molecular weight excluding hydrogens is 266 g/mol. The molecule has 1 heterocycles. The lowest BCUT2D eigenvalue weighted by Crippen LogP contribution is -2.56. The minimum absolute atomic E-state index is 0.0398. The van der Waals surface area contributed by atoms with Crippen molar-refractivity contribution in [1.82, 2.24) is 15.5 Å². The smallest absolute Gasteiger partial charge is 0.240 e. The van der Waals surface area contributed by atoms with E-state index in [1.54, 1.807) is 0 Å². The fourth-order valence-electron chi connectivity index (χ4n) is 2.50. The standard InChI is InChI=1S/C16H23N3O2/c1-2-9-19-10-8-17-14(16(19)21)11-15(20)18-12-13-6-4-3-5-7-13/h3-7,14,17H,2,8-12H2,1H3,(H,18,20). The summed E-state index contributed by atoms with van der Waals surface area (Å²) in [5, 5.41) is 6.00. The molecule has 2 rings (SSSR count). The van der Waals surface area contributed by atoms with Gasteiger partial charge in [0.2, 0.25) is 11.8 Å². The molecule has 1 saturated heterocycles. The predicted octanol–water partition coefficient (Wildman–Crippen LogP) is 0.903. The summed E-state index contributed by atoms with van der Waals surface area (Å²) in [6.45, 7) is 4.80. The second kappa shape index (κ2) is 7.78. The Kier molecular flexibility index (Phi) is 5.75. The lowest BCUT2D eigenvalue weighted by molar-refractivity contribution is -0.138. The van der Waals surface area contributed by atoms with Gasteiger partial charge in [0, 0.05) is 26.2 Å². The number of hydrogen-bond acceptors (Lipinski definition) is 3. The van der Waals surface area contributed by atoms with Crippen molar-refractivity contribution < 1.29 is 9.59 Å². The van der Waals surface area contributed by atoms with Crippen LogP contribution < -0.4 is 10.6 Å². The van der Waals surface area contributed by atoms with Crippen molar-refractivity contribution in [3.05, 3.63) is 35.9 Å². The van der Waals surface area contributed by atoms with Crippen molar-refractivity contribution in [2.45, 2.75) is 32.4 Å². The fourth-order valence-corrected chi connectivity index (χ4v) is 2.50. The summed E-state index contributed by atoms with van der Waals surface area (Å²) in [5.74, 6) is -0.0546. The highest BCUT2D eigenvalue weighted by Gasteiger charge is 2.29. The second-order valence-electron chi connectivity index (χ2n) is 5.30. The maximum absolute atomic E-state index is 12.2. The highest BCUT2D eigenvalue weighted by molar-refractivity contribution is 5.88. The number of amides is 2. The van der Waals surface area contributed by atoms with Gasteiger partial charge in [-0.15, -0.1) is 0 Å². The van der Waals surface area contributed by atoms with E-state index in [9.17, 15) is 9.59 Å². The number of benzene rings is 1. The van der Waals surface area contributed by atoms with Crippen LogP contribution in [0.15, 0.2) is 30.3 Å². The Morgan fingerprint density at radius 1 is 1.38 bits per heavy atom. The van der Waals surface area contributed by atoms with Crippen molar-refractivity contribution >= 4 is 11.8 Å². The van der Waals surface area contributed by atoms with E-state index in [0.29, 0.717) is 6.54 Å².